The summed E-state index contributed by atoms with van der Waals surface area (Å²) in [5.41, 5.74) is 2.52. The first-order valence-corrected chi connectivity index (χ1v) is 8.08. The molecule has 1 atom stereocenters. The summed E-state index contributed by atoms with van der Waals surface area (Å²) in [4.78, 5) is 2.23. The number of rotatable bonds is 8. The van der Waals surface area contributed by atoms with Crippen molar-refractivity contribution < 1.29 is 4.74 Å². The quantitative estimate of drug-likeness (QED) is 0.646. The van der Waals surface area contributed by atoms with Gasteiger partial charge in [-0.1, -0.05) is 48.0 Å². The number of nitrogens with zero attached hydrogens (tertiary/aromatic N) is 1. The second-order valence-electron chi connectivity index (χ2n) is 6.13. The Morgan fingerprint density at radius 3 is 2.23 bits per heavy atom. The van der Waals surface area contributed by atoms with E-state index in [-0.39, 0.29) is 6.10 Å². The molecule has 0 bridgehead atoms. The second kappa shape index (κ2) is 8.60. The molecule has 1 unspecified atom stereocenters. The van der Waals surface area contributed by atoms with Gasteiger partial charge in [0.15, 0.2) is 0 Å². The van der Waals surface area contributed by atoms with E-state index in [4.69, 9.17) is 4.74 Å². The average molecular weight is 297 g/mol. The van der Waals surface area contributed by atoms with E-state index in [9.17, 15) is 0 Å². The van der Waals surface area contributed by atoms with Crippen LogP contribution in [0.25, 0.3) is 0 Å². The van der Waals surface area contributed by atoms with E-state index < -0.39 is 0 Å². The number of benzene rings is 2. The molecule has 2 aromatic carbocycles. The van der Waals surface area contributed by atoms with E-state index in [1.54, 1.807) is 0 Å². The van der Waals surface area contributed by atoms with Crippen LogP contribution < -0.4 is 4.74 Å². The normalized spacial score (nSPS) is 12.4. The van der Waals surface area contributed by atoms with Gasteiger partial charge >= 0.3 is 0 Å². The molecule has 118 valence electrons. The van der Waals surface area contributed by atoms with E-state index in [0.29, 0.717) is 0 Å². The Hall–Kier alpha value is -1.80. The molecule has 0 radical (unpaired) electrons. The third-order valence-electron chi connectivity index (χ3n) is 3.79. The van der Waals surface area contributed by atoms with Crippen LogP contribution in [0.1, 0.15) is 36.5 Å². The van der Waals surface area contributed by atoms with Gasteiger partial charge in [0, 0.05) is 0 Å². The molecule has 2 aromatic rings. The Kier molecular flexibility index (Phi) is 6.47. The Bertz CT molecular complexity index is 533. The maximum atomic E-state index is 6.25. The third-order valence-corrected chi connectivity index (χ3v) is 3.79. The molecule has 0 amide bonds. The molecule has 0 aliphatic carbocycles. The van der Waals surface area contributed by atoms with Gasteiger partial charge < -0.3 is 9.64 Å². The minimum Gasteiger partial charge on any atom is -0.486 e. The van der Waals surface area contributed by atoms with Gasteiger partial charge in [0.2, 0.25) is 0 Å². The number of hydrogen-bond acceptors (Lipinski definition) is 2. The Balaban J connectivity index is 2.00. The Morgan fingerprint density at radius 2 is 1.59 bits per heavy atom. The van der Waals surface area contributed by atoms with Crippen molar-refractivity contribution in [3.05, 3.63) is 65.7 Å². The molecular weight excluding hydrogens is 270 g/mol. The van der Waals surface area contributed by atoms with Crippen LogP contribution in [0.15, 0.2) is 54.6 Å². The van der Waals surface area contributed by atoms with Gasteiger partial charge in [-0.3, -0.25) is 0 Å². The molecule has 0 N–H and O–H groups in total. The van der Waals surface area contributed by atoms with Crippen molar-refractivity contribution >= 4 is 0 Å². The largest absolute Gasteiger partial charge is 0.486 e. The second-order valence-corrected chi connectivity index (χ2v) is 6.13. The molecular formula is C20H27NO. The molecule has 0 aromatic heterocycles. The zero-order valence-corrected chi connectivity index (χ0v) is 14.0. The molecule has 0 saturated carbocycles. The number of aryl methyl sites for hydroxylation is 1. The van der Waals surface area contributed by atoms with Gasteiger partial charge in [0.05, 0.1) is 0 Å². The maximum Gasteiger partial charge on any atom is 0.124 e. The first-order valence-electron chi connectivity index (χ1n) is 8.08. The molecule has 0 spiro atoms. The predicted molar refractivity (Wildman–Crippen MR) is 93.4 cm³/mol. The van der Waals surface area contributed by atoms with Crippen molar-refractivity contribution in [3.8, 4) is 5.75 Å². The van der Waals surface area contributed by atoms with E-state index in [1.165, 1.54) is 24.0 Å². The van der Waals surface area contributed by atoms with Gasteiger partial charge in [-0.25, -0.2) is 0 Å². The van der Waals surface area contributed by atoms with Crippen LogP contribution >= 0.6 is 0 Å². The van der Waals surface area contributed by atoms with Crippen LogP contribution in [0.4, 0.5) is 0 Å². The SMILES string of the molecule is Cc1ccc(OC(CCCCN(C)C)c2ccccc2)cc1. The Labute approximate surface area is 134 Å². The third kappa shape index (κ3) is 5.53. The van der Waals surface area contributed by atoms with E-state index >= 15 is 0 Å². The van der Waals surface area contributed by atoms with E-state index in [2.05, 4.69) is 80.5 Å². The molecule has 0 heterocycles. The number of unbranched alkanes of at least 4 members (excludes halogenated alkanes) is 1. The van der Waals surface area contributed by atoms with E-state index in [0.717, 1.165) is 18.7 Å². The summed E-state index contributed by atoms with van der Waals surface area (Å²) in [6, 6.07) is 18.9. The summed E-state index contributed by atoms with van der Waals surface area (Å²) in [6.07, 6.45) is 3.55. The highest BCUT2D eigenvalue weighted by atomic mass is 16.5. The summed E-state index contributed by atoms with van der Waals surface area (Å²) in [6.45, 7) is 3.23. The zero-order chi connectivity index (χ0) is 15.8. The molecule has 0 aliphatic rings. The monoisotopic (exact) mass is 297 g/mol. The van der Waals surface area contributed by atoms with Crippen molar-refractivity contribution in [1.29, 1.82) is 0 Å². The lowest BCUT2D eigenvalue weighted by molar-refractivity contribution is 0.189. The average Bonchev–Trinajstić information content (AvgIpc) is 2.53. The fourth-order valence-electron chi connectivity index (χ4n) is 2.50. The summed E-state index contributed by atoms with van der Waals surface area (Å²) in [7, 11) is 4.25. The molecule has 22 heavy (non-hydrogen) atoms. The molecule has 2 nitrogen and oxygen atoms in total. The Morgan fingerprint density at radius 1 is 0.909 bits per heavy atom. The summed E-state index contributed by atoms with van der Waals surface area (Å²) in [5.74, 6) is 0.951. The fraction of sp³-hybridized carbons (Fsp3) is 0.400. The van der Waals surface area contributed by atoms with Crippen LogP contribution in [0.2, 0.25) is 0 Å². The summed E-state index contributed by atoms with van der Waals surface area (Å²) in [5, 5.41) is 0. The van der Waals surface area contributed by atoms with Crippen molar-refractivity contribution in [2.75, 3.05) is 20.6 Å². The van der Waals surface area contributed by atoms with Crippen molar-refractivity contribution in [2.24, 2.45) is 0 Å². The maximum absolute atomic E-state index is 6.25. The molecule has 2 heteroatoms. The van der Waals surface area contributed by atoms with Gasteiger partial charge in [-0.05, 0) is 64.5 Å². The molecule has 2 rings (SSSR count). The minimum atomic E-state index is 0.131. The smallest absolute Gasteiger partial charge is 0.124 e. The highest BCUT2D eigenvalue weighted by molar-refractivity contribution is 5.28. The minimum absolute atomic E-state index is 0.131. The van der Waals surface area contributed by atoms with Crippen LogP contribution in [0, 0.1) is 6.92 Å². The topological polar surface area (TPSA) is 12.5 Å². The number of hydrogen-bond donors (Lipinski definition) is 0. The van der Waals surface area contributed by atoms with Crippen LogP contribution in [-0.2, 0) is 0 Å². The first-order chi connectivity index (χ1) is 10.6. The highest BCUT2D eigenvalue weighted by Gasteiger charge is 2.13. The van der Waals surface area contributed by atoms with Gasteiger partial charge in [-0.2, -0.15) is 0 Å². The van der Waals surface area contributed by atoms with Crippen LogP contribution in [0.3, 0.4) is 0 Å². The summed E-state index contributed by atoms with van der Waals surface area (Å²) >= 11 is 0. The lowest BCUT2D eigenvalue weighted by atomic mass is 10.0. The van der Waals surface area contributed by atoms with Crippen LogP contribution in [0.5, 0.6) is 5.75 Å². The fourth-order valence-corrected chi connectivity index (χ4v) is 2.50. The summed E-state index contributed by atoms with van der Waals surface area (Å²) < 4.78 is 6.25. The first kappa shape index (κ1) is 16.6. The zero-order valence-electron chi connectivity index (χ0n) is 14.0. The lowest BCUT2D eigenvalue weighted by Crippen LogP contribution is -2.14. The lowest BCUT2D eigenvalue weighted by Gasteiger charge is -2.20. The molecule has 0 fully saturated rings. The molecule has 0 aliphatic heterocycles. The molecule has 0 saturated heterocycles. The van der Waals surface area contributed by atoms with E-state index in [1.807, 2.05) is 0 Å². The van der Waals surface area contributed by atoms with Crippen molar-refractivity contribution in [1.82, 2.24) is 4.90 Å². The van der Waals surface area contributed by atoms with Gasteiger partial charge in [-0.15, -0.1) is 0 Å². The standard InChI is InChI=1S/C20H27NO/c1-17-12-14-19(15-13-17)22-20(11-7-8-16-21(2)3)18-9-5-4-6-10-18/h4-6,9-10,12-15,20H,7-8,11,16H2,1-3H3. The van der Waals surface area contributed by atoms with Crippen LogP contribution in [-0.4, -0.2) is 25.5 Å². The van der Waals surface area contributed by atoms with Crippen molar-refractivity contribution in [2.45, 2.75) is 32.3 Å². The van der Waals surface area contributed by atoms with Gasteiger partial charge in [0.25, 0.3) is 0 Å². The van der Waals surface area contributed by atoms with Crippen molar-refractivity contribution in [3.63, 3.8) is 0 Å². The predicted octanol–water partition coefficient (Wildman–Crippen LogP) is 4.85. The highest BCUT2D eigenvalue weighted by Crippen LogP contribution is 2.26. The van der Waals surface area contributed by atoms with Gasteiger partial charge in [0.1, 0.15) is 11.9 Å². The number of ether oxygens (including phenoxy) is 1.